The Kier molecular flexibility index (Phi) is 42.4. The molecule has 0 saturated heterocycles. The van der Waals surface area contributed by atoms with E-state index in [0.29, 0.717) is 12.8 Å². The van der Waals surface area contributed by atoms with Crippen LogP contribution >= 0.6 is 7.82 Å². The van der Waals surface area contributed by atoms with E-state index in [9.17, 15) is 34.4 Å². The van der Waals surface area contributed by atoms with Gasteiger partial charge in [0.1, 0.15) is 24.9 Å². The normalized spacial score (nSPS) is 14.9. The van der Waals surface area contributed by atoms with Crippen molar-refractivity contribution in [1.82, 2.24) is 0 Å². The van der Waals surface area contributed by atoms with E-state index < -0.39 is 70.6 Å². The maximum Gasteiger partial charge on any atom is 0.472 e. The molecule has 0 rings (SSSR count). The Hall–Kier alpha value is -1.63. The maximum atomic E-state index is 12.7. The van der Waals surface area contributed by atoms with Gasteiger partial charge in [0, 0.05) is 12.8 Å². The molecule has 0 aliphatic heterocycles. The van der Waals surface area contributed by atoms with Crippen molar-refractivity contribution < 1.29 is 58.0 Å². The molecule has 5 atom stereocenters. The number of phosphoric acid groups is 1. The van der Waals surface area contributed by atoms with Gasteiger partial charge in [0.2, 0.25) is 0 Å². The maximum absolute atomic E-state index is 12.7. The predicted octanol–water partition coefficient (Wildman–Crippen LogP) is 11.3. The minimum absolute atomic E-state index is 0.117. The lowest BCUT2D eigenvalue weighted by Crippen LogP contribution is -2.42. The van der Waals surface area contributed by atoms with Crippen molar-refractivity contribution in [3.8, 4) is 0 Å². The molecule has 61 heavy (non-hydrogen) atoms. The molecule has 0 aromatic heterocycles. The smallest absolute Gasteiger partial charge is 0.462 e. The van der Waals surface area contributed by atoms with Gasteiger partial charge in [-0.25, -0.2) is 4.57 Å². The highest BCUT2D eigenvalue weighted by molar-refractivity contribution is 7.47. The minimum Gasteiger partial charge on any atom is -0.462 e. The number of hydrogen-bond donors (Lipinski definition) is 5. The quantitative estimate of drug-likeness (QED) is 0.0169. The van der Waals surface area contributed by atoms with Crippen LogP contribution in [0.4, 0.5) is 0 Å². The summed E-state index contributed by atoms with van der Waals surface area (Å²) in [5.41, 5.74) is 0. The van der Waals surface area contributed by atoms with E-state index >= 15 is 0 Å². The third kappa shape index (κ3) is 39.7. The van der Waals surface area contributed by atoms with Crippen LogP contribution in [0, 0.1) is 0 Å². The van der Waals surface area contributed by atoms with Crippen LogP contribution in [-0.4, -0.2) is 88.1 Å². The zero-order chi connectivity index (χ0) is 45.1. The zero-order valence-corrected chi connectivity index (χ0v) is 39.5. The summed E-state index contributed by atoms with van der Waals surface area (Å²) in [7, 11) is -4.97. The molecule has 13 heteroatoms. The summed E-state index contributed by atoms with van der Waals surface area (Å²) in [6.07, 6.45) is 37.8. The first kappa shape index (κ1) is 59.4. The number of aliphatic hydroxyl groups excluding tert-OH is 4. The van der Waals surface area contributed by atoms with Crippen molar-refractivity contribution in [2.45, 2.75) is 244 Å². The van der Waals surface area contributed by atoms with Crippen molar-refractivity contribution in [3.05, 3.63) is 24.3 Å². The van der Waals surface area contributed by atoms with E-state index in [1.165, 1.54) is 116 Å². The van der Waals surface area contributed by atoms with Gasteiger partial charge in [0.05, 0.1) is 19.8 Å². The summed E-state index contributed by atoms with van der Waals surface area (Å²) < 4.78 is 33.3. The number of carbonyl (C=O) groups is 2. The average Bonchev–Trinajstić information content (AvgIpc) is 3.25. The third-order valence-electron chi connectivity index (χ3n) is 10.8. The highest BCUT2D eigenvalue weighted by Crippen LogP contribution is 2.45. The molecule has 0 fully saturated rings. The summed E-state index contributed by atoms with van der Waals surface area (Å²) in [6.45, 7) is 1.56. The lowest BCUT2D eigenvalue weighted by atomic mass is 10.0. The molecule has 0 saturated carbocycles. The number of esters is 2. The van der Waals surface area contributed by atoms with Gasteiger partial charge in [0.15, 0.2) is 6.10 Å². The van der Waals surface area contributed by atoms with Crippen LogP contribution in [0.5, 0.6) is 0 Å². The first-order valence-electron chi connectivity index (χ1n) is 24.5. The number of aliphatic hydroxyl groups is 4. The molecule has 1 unspecified atom stereocenters. The van der Waals surface area contributed by atoms with Gasteiger partial charge in [-0.2, -0.15) is 0 Å². The number of hydrogen-bond acceptors (Lipinski definition) is 11. The van der Waals surface area contributed by atoms with E-state index in [-0.39, 0.29) is 12.8 Å². The molecule has 0 amide bonds. The molecule has 0 bridgehead atoms. The highest BCUT2D eigenvalue weighted by Gasteiger charge is 2.35. The standard InChI is InChI=1S/C48H91O12P/c1-3-5-7-9-11-13-15-17-19-20-21-22-24-26-28-30-32-34-36-38-47(53)59-43(42-58-61(55,56)60-45(40-50)48(54)44(51)39-49)41-57-46(52)37-35-33-31-29-27-25-23-18-16-14-12-10-8-6-4-2/h11,13,21-22,43-45,48-51,54H,3-10,12,14-20,23-42H2,1-2H3,(H,55,56)/b13-11-,22-21-/t43-,44-,45-,48+/m1/s1. The van der Waals surface area contributed by atoms with Crippen LogP contribution in [0.2, 0.25) is 0 Å². The van der Waals surface area contributed by atoms with E-state index in [0.717, 1.165) is 64.2 Å². The second-order valence-corrected chi connectivity index (χ2v) is 18.1. The molecule has 360 valence electrons. The lowest BCUT2D eigenvalue weighted by Gasteiger charge is -2.26. The van der Waals surface area contributed by atoms with Crippen molar-refractivity contribution in [2.24, 2.45) is 0 Å². The minimum atomic E-state index is -4.97. The summed E-state index contributed by atoms with van der Waals surface area (Å²) in [5.74, 6) is -1.05. The van der Waals surface area contributed by atoms with Crippen LogP contribution in [0.1, 0.15) is 219 Å². The highest BCUT2D eigenvalue weighted by atomic mass is 31.2. The van der Waals surface area contributed by atoms with Gasteiger partial charge < -0.3 is 34.8 Å². The molecule has 0 aromatic rings. The molecule has 5 N–H and O–H groups in total. The number of rotatable bonds is 46. The fraction of sp³-hybridized carbons (Fsp3) is 0.875. The lowest BCUT2D eigenvalue weighted by molar-refractivity contribution is -0.161. The molecule has 0 spiro atoms. The zero-order valence-electron chi connectivity index (χ0n) is 38.6. The number of allylic oxidation sites excluding steroid dienone is 4. The number of ether oxygens (including phenoxy) is 2. The molecular formula is C48H91O12P. The Morgan fingerprint density at radius 2 is 0.902 bits per heavy atom. The topological polar surface area (TPSA) is 189 Å². The molecule has 0 aromatic carbocycles. The number of unbranched alkanes of at least 4 members (excludes halogenated alkanes) is 26. The molecule has 0 aliphatic carbocycles. The second-order valence-electron chi connectivity index (χ2n) is 16.7. The summed E-state index contributed by atoms with van der Waals surface area (Å²) in [6, 6.07) is 0. The van der Waals surface area contributed by atoms with E-state index in [2.05, 4.69) is 38.2 Å². The fourth-order valence-electron chi connectivity index (χ4n) is 6.94. The van der Waals surface area contributed by atoms with E-state index in [1.807, 2.05) is 0 Å². The molecule has 12 nitrogen and oxygen atoms in total. The van der Waals surface area contributed by atoms with Crippen molar-refractivity contribution >= 4 is 19.8 Å². The molecular weight excluding hydrogens is 799 g/mol. The van der Waals surface area contributed by atoms with Crippen LogP contribution in [0.3, 0.4) is 0 Å². The van der Waals surface area contributed by atoms with Crippen molar-refractivity contribution in [2.75, 3.05) is 26.4 Å². The Morgan fingerprint density at radius 1 is 0.525 bits per heavy atom. The van der Waals surface area contributed by atoms with Crippen LogP contribution in [0.25, 0.3) is 0 Å². The first-order valence-corrected chi connectivity index (χ1v) is 26.0. The monoisotopic (exact) mass is 891 g/mol. The van der Waals surface area contributed by atoms with Gasteiger partial charge in [-0.15, -0.1) is 0 Å². The van der Waals surface area contributed by atoms with Gasteiger partial charge in [-0.05, 0) is 64.2 Å². The van der Waals surface area contributed by atoms with Gasteiger partial charge in [-0.1, -0.05) is 167 Å². The largest absolute Gasteiger partial charge is 0.472 e. The van der Waals surface area contributed by atoms with Crippen LogP contribution in [-0.2, 0) is 32.7 Å². The Morgan fingerprint density at radius 3 is 1.34 bits per heavy atom. The third-order valence-corrected chi connectivity index (χ3v) is 11.9. The second kappa shape index (κ2) is 43.6. The number of phosphoric ester groups is 1. The average molecular weight is 891 g/mol. The van der Waals surface area contributed by atoms with Crippen molar-refractivity contribution in [3.63, 3.8) is 0 Å². The number of carbonyl (C=O) groups excluding carboxylic acids is 2. The Labute approximate surface area is 371 Å². The summed E-state index contributed by atoms with van der Waals surface area (Å²) in [4.78, 5) is 35.5. The Balaban J connectivity index is 4.52. The van der Waals surface area contributed by atoms with Crippen molar-refractivity contribution in [1.29, 1.82) is 0 Å². The van der Waals surface area contributed by atoms with Gasteiger partial charge >= 0.3 is 19.8 Å². The molecule has 0 aliphatic rings. The van der Waals surface area contributed by atoms with Crippen LogP contribution < -0.4 is 0 Å². The molecule has 0 radical (unpaired) electrons. The van der Waals surface area contributed by atoms with Gasteiger partial charge in [0.25, 0.3) is 0 Å². The first-order chi connectivity index (χ1) is 29.6. The molecule has 0 heterocycles. The SMILES string of the molecule is CCCCC/C=C\CCCC/C=C\CCCCCCCCC(=O)O[C@H](COC(=O)CCCCCCCCCCCCCCCCC)COP(=O)(O)O[C@H](CO)[C@@H](O)[C@H](O)CO. The summed E-state index contributed by atoms with van der Waals surface area (Å²) >= 11 is 0. The Bertz CT molecular complexity index is 1100. The van der Waals surface area contributed by atoms with E-state index in [1.54, 1.807) is 0 Å². The fourth-order valence-corrected chi connectivity index (χ4v) is 7.89. The van der Waals surface area contributed by atoms with E-state index in [4.69, 9.17) is 23.6 Å². The van der Waals surface area contributed by atoms with Crippen LogP contribution in [0.15, 0.2) is 24.3 Å². The predicted molar refractivity (Wildman–Crippen MR) is 245 cm³/mol. The summed E-state index contributed by atoms with van der Waals surface area (Å²) in [5, 5.41) is 38.3. The van der Waals surface area contributed by atoms with Gasteiger partial charge in [-0.3, -0.25) is 18.6 Å².